The molecule has 1 amide bonds. The van der Waals surface area contributed by atoms with Gasteiger partial charge in [-0.05, 0) is 30.3 Å². The number of nitrogens with one attached hydrogen (secondary N) is 3. The van der Waals surface area contributed by atoms with Crippen LogP contribution in [-0.4, -0.2) is 17.4 Å². The minimum atomic E-state index is -0.903. The third kappa shape index (κ3) is 5.25. The van der Waals surface area contributed by atoms with Gasteiger partial charge in [-0.25, -0.2) is 8.78 Å². The van der Waals surface area contributed by atoms with Crippen LogP contribution in [0.1, 0.15) is 0 Å². The van der Waals surface area contributed by atoms with Gasteiger partial charge in [0.25, 0.3) is 5.69 Å². The predicted octanol–water partition coefficient (Wildman–Crippen LogP) is 4.67. The number of carbonyl (C=O) groups excluding carboxylic acids is 1. The van der Waals surface area contributed by atoms with E-state index in [1.54, 1.807) is 0 Å². The summed E-state index contributed by atoms with van der Waals surface area (Å²) < 4.78 is 26.6. The molecule has 0 aliphatic carbocycles. The molecule has 148 valence electrons. The monoisotopic (exact) mass is 398 g/mol. The quantitative estimate of drug-likeness (QED) is 0.397. The third-order valence-corrected chi connectivity index (χ3v) is 3.91. The van der Waals surface area contributed by atoms with Gasteiger partial charge in [-0.3, -0.25) is 14.9 Å². The molecule has 0 bridgehead atoms. The van der Waals surface area contributed by atoms with Gasteiger partial charge in [-0.2, -0.15) is 0 Å². The predicted molar refractivity (Wildman–Crippen MR) is 106 cm³/mol. The first-order valence-corrected chi connectivity index (χ1v) is 8.51. The molecule has 0 aliphatic rings. The number of non-ortho nitro benzene ring substituents is 1. The molecule has 0 radical (unpaired) electrons. The molecule has 0 aromatic heterocycles. The Hall–Kier alpha value is -4.01. The second-order valence-electron chi connectivity index (χ2n) is 6.00. The van der Waals surface area contributed by atoms with E-state index in [9.17, 15) is 23.7 Å². The summed E-state index contributed by atoms with van der Waals surface area (Å²) in [6.07, 6.45) is 0. The number of amides is 1. The Morgan fingerprint density at radius 2 is 1.66 bits per heavy atom. The Kier molecular flexibility index (Phi) is 5.98. The van der Waals surface area contributed by atoms with Gasteiger partial charge in [0.2, 0.25) is 5.91 Å². The van der Waals surface area contributed by atoms with E-state index in [1.165, 1.54) is 18.2 Å². The zero-order valence-electron chi connectivity index (χ0n) is 15.0. The highest BCUT2D eigenvalue weighted by atomic mass is 19.1. The maximum absolute atomic E-state index is 13.7. The van der Waals surface area contributed by atoms with Gasteiger partial charge in [0.15, 0.2) is 0 Å². The van der Waals surface area contributed by atoms with Crippen LogP contribution >= 0.6 is 0 Å². The van der Waals surface area contributed by atoms with Crippen LogP contribution in [0.5, 0.6) is 0 Å². The largest absolute Gasteiger partial charge is 0.374 e. The molecule has 3 rings (SSSR count). The van der Waals surface area contributed by atoms with Crippen LogP contribution in [-0.2, 0) is 4.79 Å². The Morgan fingerprint density at radius 3 is 2.34 bits per heavy atom. The molecule has 3 N–H and O–H groups in total. The van der Waals surface area contributed by atoms with Crippen LogP contribution in [0.15, 0.2) is 66.7 Å². The lowest BCUT2D eigenvalue weighted by molar-refractivity contribution is -0.384. The molecule has 29 heavy (non-hydrogen) atoms. The van der Waals surface area contributed by atoms with E-state index in [1.807, 2.05) is 30.3 Å². The fraction of sp³-hybridized carbons (Fsp3) is 0.0500. The van der Waals surface area contributed by atoms with E-state index >= 15 is 0 Å². The summed E-state index contributed by atoms with van der Waals surface area (Å²) in [5.41, 5.74) is 1.26. The summed E-state index contributed by atoms with van der Waals surface area (Å²) in [6.45, 7) is -0.290. The molecule has 0 saturated carbocycles. The zero-order valence-corrected chi connectivity index (χ0v) is 15.0. The van der Waals surface area contributed by atoms with Gasteiger partial charge >= 0.3 is 0 Å². The van der Waals surface area contributed by atoms with Gasteiger partial charge in [0.05, 0.1) is 28.5 Å². The molecular weight excluding hydrogens is 382 g/mol. The average Bonchev–Trinajstić information content (AvgIpc) is 2.70. The number of nitro groups is 1. The molecule has 0 fully saturated rings. The van der Waals surface area contributed by atoms with E-state index in [0.29, 0.717) is 17.4 Å². The lowest BCUT2D eigenvalue weighted by Crippen LogP contribution is -2.22. The normalized spacial score (nSPS) is 10.3. The molecule has 9 heteroatoms. The number of benzene rings is 3. The molecule has 3 aromatic rings. The molecule has 3 aromatic carbocycles. The number of carbonyl (C=O) groups is 1. The van der Waals surface area contributed by atoms with E-state index in [-0.39, 0.29) is 17.9 Å². The van der Waals surface area contributed by atoms with Crippen LogP contribution in [0.4, 0.5) is 37.2 Å². The maximum Gasteiger partial charge on any atom is 0.271 e. The smallest absolute Gasteiger partial charge is 0.271 e. The average molecular weight is 398 g/mol. The molecule has 0 atom stereocenters. The second kappa shape index (κ2) is 8.79. The number of hydrogen-bond donors (Lipinski definition) is 3. The van der Waals surface area contributed by atoms with Crippen molar-refractivity contribution in [3.63, 3.8) is 0 Å². The summed E-state index contributed by atoms with van der Waals surface area (Å²) in [7, 11) is 0. The van der Waals surface area contributed by atoms with Crippen molar-refractivity contribution in [1.82, 2.24) is 0 Å². The molecule has 0 unspecified atom stereocenters. The Labute approximate surface area is 164 Å². The Balaban J connectivity index is 1.74. The minimum absolute atomic E-state index is 0.156. The lowest BCUT2D eigenvalue weighted by atomic mass is 10.2. The van der Waals surface area contributed by atoms with Crippen LogP contribution in [0.3, 0.4) is 0 Å². The molecule has 0 spiro atoms. The van der Waals surface area contributed by atoms with Crippen LogP contribution in [0, 0.1) is 21.7 Å². The summed E-state index contributed by atoms with van der Waals surface area (Å²) in [5, 5.41) is 19.3. The van der Waals surface area contributed by atoms with Gasteiger partial charge < -0.3 is 16.0 Å². The van der Waals surface area contributed by atoms with E-state index in [4.69, 9.17) is 0 Å². The molecule has 7 nitrogen and oxygen atoms in total. The van der Waals surface area contributed by atoms with Crippen molar-refractivity contribution >= 4 is 34.3 Å². The van der Waals surface area contributed by atoms with Crippen molar-refractivity contribution < 1.29 is 18.5 Å². The number of para-hydroxylation sites is 1. The number of halogens is 2. The van der Waals surface area contributed by atoms with Crippen LogP contribution < -0.4 is 16.0 Å². The fourth-order valence-corrected chi connectivity index (χ4v) is 2.54. The minimum Gasteiger partial charge on any atom is -0.374 e. The topological polar surface area (TPSA) is 96.3 Å². The van der Waals surface area contributed by atoms with E-state index in [0.717, 1.165) is 17.8 Å². The van der Waals surface area contributed by atoms with E-state index in [2.05, 4.69) is 16.0 Å². The number of nitro benzene ring substituents is 1. The number of anilines is 4. The van der Waals surface area contributed by atoms with Crippen LogP contribution in [0.2, 0.25) is 0 Å². The standard InChI is InChI=1S/C20H16F2N4O3/c21-13-6-8-17(16(22)10-13)25-20(27)12-23-19-11-15(26(28)29)7-9-18(19)24-14-4-2-1-3-5-14/h1-11,23-24H,12H2,(H,25,27). The van der Waals surface area contributed by atoms with Gasteiger partial charge in [0.1, 0.15) is 11.6 Å². The summed E-state index contributed by atoms with van der Waals surface area (Å²) in [6, 6.07) is 16.1. The van der Waals surface area contributed by atoms with Crippen LogP contribution in [0.25, 0.3) is 0 Å². The van der Waals surface area contributed by atoms with Crippen molar-refractivity contribution in [3.05, 3.63) is 88.5 Å². The van der Waals surface area contributed by atoms with Crippen molar-refractivity contribution in [1.29, 1.82) is 0 Å². The summed E-state index contributed by atoms with van der Waals surface area (Å²) in [4.78, 5) is 22.6. The lowest BCUT2D eigenvalue weighted by Gasteiger charge is -2.14. The number of rotatable bonds is 7. The van der Waals surface area contributed by atoms with Gasteiger partial charge in [-0.15, -0.1) is 0 Å². The fourth-order valence-electron chi connectivity index (χ4n) is 2.54. The van der Waals surface area contributed by atoms with Gasteiger partial charge in [0, 0.05) is 23.9 Å². The number of nitrogens with zero attached hydrogens (tertiary/aromatic N) is 1. The molecule has 0 saturated heterocycles. The highest BCUT2D eigenvalue weighted by Gasteiger charge is 2.13. The molecule has 0 aliphatic heterocycles. The zero-order chi connectivity index (χ0) is 20.8. The summed E-state index contributed by atoms with van der Waals surface area (Å²) in [5.74, 6) is -2.26. The maximum atomic E-state index is 13.7. The Morgan fingerprint density at radius 1 is 0.931 bits per heavy atom. The van der Waals surface area contributed by atoms with Gasteiger partial charge in [-0.1, -0.05) is 18.2 Å². The van der Waals surface area contributed by atoms with Crippen molar-refractivity contribution in [3.8, 4) is 0 Å². The first-order chi connectivity index (χ1) is 13.9. The van der Waals surface area contributed by atoms with Crippen molar-refractivity contribution in [2.75, 3.05) is 22.5 Å². The number of hydrogen-bond acceptors (Lipinski definition) is 5. The second-order valence-corrected chi connectivity index (χ2v) is 6.00. The van der Waals surface area contributed by atoms with E-state index < -0.39 is 22.5 Å². The Bertz CT molecular complexity index is 1050. The van der Waals surface area contributed by atoms with Crippen molar-refractivity contribution in [2.24, 2.45) is 0 Å². The highest BCUT2D eigenvalue weighted by Crippen LogP contribution is 2.29. The van der Waals surface area contributed by atoms with Crippen molar-refractivity contribution in [2.45, 2.75) is 0 Å². The molecule has 0 heterocycles. The molecular formula is C20H16F2N4O3. The third-order valence-electron chi connectivity index (χ3n) is 3.91. The first kappa shape index (κ1) is 19.7. The highest BCUT2D eigenvalue weighted by molar-refractivity contribution is 5.94. The first-order valence-electron chi connectivity index (χ1n) is 8.51. The summed E-state index contributed by atoms with van der Waals surface area (Å²) >= 11 is 0. The SMILES string of the molecule is O=C(CNc1cc([N+](=O)[O-])ccc1Nc1ccccc1)Nc1ccc(F)cc1F.